The van der Waals surface area contributed by atoms with Gasteiger partial charge in [-0.2, -0.15) is 0 Å². The van der Waals surface area contributed by atoms with Crippen molar-refractivity contribution in [3.05, 3.63) is 31.0 Å². The third-order valence-electron chi connectivity index (χ3n) is 2.93. The van der Waals surface area contributed by atoms with Crippen molar-refractivity contribution in [2.24, 2.45) is 0 Å². The van der Waals surface area contributed by atoms with Gasteiger partial charge < -0.3 is 5.73 Å². The lowest BCUT2D eigenvalue weighted by Crippen LogP contribution is -2.41. The van der Waals surface area contributed by atoms with Crippen molar-refractivity contribution >= 4 is 11.5 Å². The van der Waals surface area contributed by atoms with Crippen LogP contribution >= 0.6 is 0 Å². The Morgan fingerprint density at radius 1 is 1.44 bits per heavy atom. The van der Waals surface area contributed by atoms with Crippen molar-refractivity contribution in [3.8, 4) is 0 Å². The van der Waals surface area contributed by atoms with Crippen LogP contribution < -0.4 is 17.0 Å². The fourth-order valence-corrected chi connectivity index (χ4v) is 1.94. The van der Waals surface area contributed by atoms with E-state index in [1.165, 1.54) is 0 Å². The molecule has 1 aromatic heterocycles. The van der Waals surface area contributed by atoms with Gasteiger partial charge in [0.15, 0.2) is 5.82 Å². The van der Waals surface area contributed by atoms with E-state index in [2.05, 4.69) is 0 Å². The van der Waals surface area contributed by atoms with E-state index in [0.717, 1.165) is 9.13 Å². The van der Waals surface area contributed by atoms with Gasteiger partial charge in [0.2, 0.25) is 0 Å². The quantitative estimate of drug-likeness (QED) is 0.611. The fraction of sp³-hybridized carbons (Fsp3) is 0.600. The minimum atomic E-state index is -0.891. The molecule has 1 heterocycles. The summed E-state index contributed by atoms with van der Waals surface area (Å²) < 4.78 is 2.07. The van der Waals surface area contributed by atoms with Crippen molar-refractivity contribution in [2.45, 2.75) is 38.8 Å². The van der Waals surface area contributed by atoms with Gasteiger partial charge in [0.05, 0.1) is 4.92 Å². The van der Waals surface area contributed by atoms with Gasteiger partial charge in [-0.05, 0) is 19.3 Å². The average molecular weight is 254 g/mol. The van der Waals surface area contributed by atoms with Crippen LogP contribution in [0.15, 0.2) is 9.59 Å². The van der Waals surface area contributed by atoms with Crippen LogP contribution in [0.2, 0.25) is 0 Å². The van der Waals surface area contributed by atoms with E-state index in [-0.39, 0.29) is 18.4 Å². The second kappa shape index (κ2) is 4.28. The summed E-state index contributed by atoms with van der Waals surface area (Å²) in [5.74, 6) is -0.353. The molecule has 0 atom stereocenters. The highest BCUT2D eigenvalue weighted by Gasteiger charge is 2.33. The maximum Gasteiger partial charge on any atom is 0.374 e. The molecule has 1 aromatic rings. The minimum absolute atomic E-state index is 0.215. The van der Waals surface area contributed by atoms with E-state index in [1.54, 1.807) is 0 Å². The van der Waals surface area contributed by atoms with Crippen LogP contribution in [0.1, 0.15) is 32.2 Å². The molecule has 2 N–H and O–H groups in total. The molecule has 0 unspecified atom stereocenters. The Hall–Kier alpha value is -2.12. The Bertz CT molecular complexity index is 612. The zero-order valence-corrected chi connectivity index (χ0v) is 9.96. The van der Waals surface area contributed by atoms with Crippen molar-refractivity contribution < 1.29 is 4.92 Å². The molecule has 1 aliphatic carbocycles. The number of nitro groups is 1. The molecule has 8 nitrogen and oxygen atoms in total. The molecule has 1 saturated carbocycles. The molecule has 1 aliphatic rings. The third kappa shape index (κ3) is 1.79. The van der Waals surface area contributed by atoms with Crippen molar-refractivity contribution in [1.82, 2.24) is 9.13 Å². The molecule has 0 aliphatic heterocycles. The maximum absolute atomic E-state index is 12.1. The monoisotopic (exact) mass is 254 g/mol. The average Bonchev–Trinajstić information content (AvgIpc) is 3.08. The smallest absolute Gasteiger partial charge is 0.374 e. The first-order valence-corrected chi connectivity index (χ1v) is 5.78. The summed E-state index contributed by atoms with van der Waals surface area (Å²) >= 11 is 0. The standard InChI is InChI=1S/C10H14N4O4/c1-2-5-12-8(11)7(14(17)18)9(15)13(10(12)16)6-3-4-6/h6H,2-5,11H2,1H3. The van der Waals surface area contributed by atoms with E-state index >= 15 is 0 Å². The summed E-state index contributed by atoms with van der Waals surface area (Å²) in [4.78, 5) is 34.1. The van der Waals surface area contributed by atoms with Crippen LogP contribution in [0.3, 0.4) is 0 Å². The van der Waals surface area contributed by atoms with Crippen LogP contribution in [0.25, 0.3) is 0 Å². The molecule has 2 rings (SSSR count). The predicted octanol–water partition coefficient (Wildman–Crippen LogP) is 0.245. The summed E-state index contributed by atoms with van der Waals surface area (Å²) in [7, 11) is 0. The van der Waals surface area contributed by atoms with Gasteiger partial charge in [0.1, 0.15) is 0 Å². The third-order valence-corrected chi connectivity index (χ3v) is 2.93. The number of aromatic nitrogens is 2. The second-order valence-electron chi connectivity index (χ2n) is 4.33. The summed E-state index contributed by atoms with van der Waals surface area (Å²) in [6.45, 7) is 2.09. The van der Waals surface area contributed by atoms with E-state index in [1.807, 2.05) is 6.92 Å². The molecular formula is C10H14N4O4. The predicted molar refractivity (Wildman–Crippen MR) is 64.6 cm³/mol. The molecule has 0 bridgehead atoms. The lowest BCUT2D eigenvalue weighted by atomic mass is 10.4. The van der Waals surface area contributed by atoms with Gasteiger partial charge in [-0.1, -0.05) is 6.92 Å². The number of rotatable bonds is 4. The highest BCUT2D eigenvalue weighted by molar-refractivity contribution is 5.51. The normalized spacial score (nSPS) is 14.7. The first kappa shape index (κ1) is 12.3. The first-order chi connectivity index (χ1) is 8.49. The lowest BCUT2D eigenvalue weighted by Gasteiger charge is -2.11. The maximum atomic E-state index is 12.1. The van der Waals surface area contributed by atoms with Crippen molar-refractivity contribution in [2.75, 3.05) is 5.73 Å². The Balaban J connectivity index is 2.79. The number of anilines is 1. The van der Waals surface area contributed by atoms with Gasteiger partial charge in [-0.3, -0.25) is 24.0 Å². The molecule has 8 heteroatoms. The van der Waals surface area contributed by atoms with E-state index < -0.39 is 21.9 Å². The molecule has 98 valence electrons. The number of nitrogen functional groups attached to an aromatic ring is 1. The highest BCUT2D eigenvalue weighted by atomic mass is 16.6. The van der Waals surface area contributed by atoms with Crippen LogP contribution in [-0.2, 0) is 6.54 Å². The summed E-state index contributed by atoms with van der Waals surface area (Å²) in [6, 6.07) is -0.215. The van der Waals surface area contributed by atoms with Crippen LogP contribution in [-0.4, -0.2) is 14.1 Å². The highest BCUT2D eigenvalue weighted by Crippen LogP contribution is 2.33. The van der Waals surface area contributed by atoms with E-state index in [4.69, 9.17) is 5.73 Å². The fourth-order valence-electron chi connectivity index (χ4n) is 1.94. The zero-order valence-electron chi connectivity index (χ0n) is 9.96. The van der Waals surface area contributed by atoms with Gasteiger partial charge in [0, 0.05) is 12.6 Å². The Labute approximate surface area is 102 Å². The largest absolute Gasteiger partial charge is 0.379 e. The van der Waals surface area contributed by atoms with Crippen LogP contribution in [0.4, 0.5) is 11.5 Å². The SMILES string of the molecule is CCCn1c(N)c([N+](=O)[O-])c(=O)n(C2CC2)c1=O. The molecular weight excluding hydrogens is 240 g/mol. The second-order valence-corrected chi connectivity index (χ2v) is 4.33. The topological polar surface area (TPSA) is 113 Å². The van der Waals surface area contributed by atoms with Crippen molar-refractivity contribution in [3.63, 3.8) is 0 Å². The van der Waals surface area contributed by atoms with Gasteiger partial charge >= 0.3 is 16.9 Å². The Morgan fingerprint density at radius 3 is 2.50 bits per heavy atom. The Kier molecular flexibility index (Phi) is 2.93. The first-order valence-electron chi connectivity index (χ1n) is 5.78. The molecule has 0 spiro atoms. The van der Waals surface area contributed by atoms with Gasteiger partial charge in [-0.25, -0.2) is 4.79 Å². The van der Waals surface area contributed by atoms with E-state index in [9.17, 15) is 19.7 Å². The summed E-state index contributed by atoms with van der Waals surface area (Å²) in [5, 5.41) is 10.9. The van der Waals surface area contributed by atoms with Gasteiger partial charge in [0.25, 0.3) is 0 Å². The zero-order chi connectivity index (χ0) is 13.4. The number of hydrogen-bond acceptors (Lipinski definition) is 5. The summed E-state index contributed by atoms with van der Waals surface area (Å²) in [6.07, 6.45) is 1.99. The van der Waals surface area contributed by atoms with Gasteiger partial charge in [-0.15, -0.1) is 0 Å². The van der Waals surface area contributed by atoms with E-state index in [0.29, 0.717) is 19.3 Å². The molecule has 0 aromatic carbocycles. The molecule has 0 radical (unpaired) electrons. The Morgan fingerprint density at radius 2 is 2.06 bits per heavy atom. The number of hydrogen-bond donors (Lipinski definition) is 1. The number of nitrogens with zero attached hydrogens (tertiary/aromatic N) is 3. The molecule has 0 amide bonds. The number of nitrogens with two attached hydrogens (primary N) is 1. The molecule has 18 heavy (non-hydrogen) atoms. The molecule has 0 saturated heterocycles. The van der Waals surface area contributed by atoms with Crippen LogP contribution in [0, 0.1) is 10.1 Å². The lowest BCUT2D eigenvalue weighted by molar-refractivity contribution is -0.386. The van der Waals surface area contributed by atoms with Crippen LogP contribution in [0.5, 0.6) is 0 Å². The van der Waals surface area contributed by atoms with Crippen molar-refractivity contribution in [1.29, 1.82) is 0 Å². The summed E-state index contributed by atoms with van der Waals surface area (Å²) in [5.41, 5.74) is 3.43. The minimum Gasteiger partial charge on any atom is -0.379 e. The molecule has 1 fully saturated rings.